The minimum absolute atomic E-state index is 0.0109. The molecule has 3 heteroatoms. The van der Waals surface area contributed by atoms with Crippen molar-refractivity contribution < 1.29 is 14.3 Å². The Labute approximate surface area is 150 Å². The van der Waals surface area contributed by atoms with Gasteiger partial charge in [0.15, 0.2) is 6.29 Å². The molecule has 0 aliphatic carbocycles. The minimum atomic E-state index is -0.0109. The van der Waals surface area contributed by atoms with Crippen molar-refractivity contribution in [1.82, 2.24) is 0 Å². The standard InChI is InChI=1S/C21H42O3/c1-3-5-7-15-19-23-21(24-20-16-8-6-4-2)17-13-11-9-10-12-14-18-22/h18,21H,3-17,19-20H2,1-2H3. The maximum atomic E-state index is 10.3. The maximum absolute atomic E-state index is 10.3. The van der Waals surface area contributed by atoms with E-state index in [1.807, 2.05) is 0 Å². The summed E-state index contributed by atoms with van der Waals surface area (Å²) >= 11 is 0. The first-order chi connectivity index (χ1) is 11.8. The van der Waals surface area contributed by atoms with E-state index in [2.05, 4.69) is 13.8 Å². The number of aldehydes is 1. The van der Waals surface area contributed by atoms with E-state index in [1.165, 1.54) is 57.8 Å². The van der Waals surface area contributed by atoms with Crippen LogP contribution in [-0.4, -0.2) is 25.8 Å². The van der Waals surface area contributed by atoms with E-state index in [-0.39, 0.29) is 6.29 Å². The second-order valence-corrected chi connectivity index (χ2v) is 6.80. The van der Waals surface area contributed by atoms with E-state index in [4.69, 9.17) is 9.47 Å². The highest BCUT2D eigenvalue weighted by molar-refractivity contribution is 5.48. The Morgan fingerprint density at radius 3 is 1.71 bits per heavy atom. The average Bonchev–Trinajstić information content (AvgIpc) is 2.59. The van der Waals surface area contributed by atoms with Gasteiger partial charge in [0.05, 0.1) is 0 Å². The van der Waals surface area contributed by atoms with Crippen molar-refractivity contribution in [3.63, 3.8) is 0 Å². The molecule has 0 aromatic carbocycles. The van der Waals surface area contributed by atoms with Gasteiger partial charge in [-0.3, -0.25) is 0 Å². The Morgan fingerprint density at radius 1 is 0.667 bits per heavy atom. The lowest BCUT2D eigenvalue weighted by Gasteiger charge is -2.19. The average molecular weight is 343 g/mol. The number of ether oxygens (including phenoxy) is 2. The van der Waals surface area contributed by atoms with Crippen LogP contribution in [0.25, 0.3) is 0 Å². The zero-order valence-corrected chi connectivity index (χ0v) is 16.4. The van der Waals surface area contributed by atoms with Gasteiger partial charge in [-0.05, 0) is 32.1 Å². The fraction of sp³-hybridized carbons (Fsp3) is 0.952. The van der Waals surface area contributed by atoms with Crippen molar-refractivity contribution in [2.45, 2.75) is 116 Å². The van der Waals surface area contributed by atoms with Gasteiger partial charge in [-0.2, -0.15) is 0 Å². The van der Waals surface area contributed by atoms with Crippen LogP contribution in [0.4, 0.5) is 0 Å². The minimum Gasteiger partial charge on any atom is -0.353 e. The molecule has 0 amide bonds. The normalized spacial score (nSPS) is 11.3. The molecule has 0 aromatic heterocycles. The molecule has 0 aromatic rings. The second-order valence-electron chi connectivity index (χ2n) is 6.80. The van der Waals surface area contributed by atoms with Crippen molar-refractivity contribution >= 4 is 6.29 Å². The molecule has 0 saturated heterocycles. The van der Waals surface area contributed by atoms with Crippen LogP contribution in [0.1, 0.15) is 110 Å². The number of hydrogen-bond donors (Lipinski definition) is 0. The summed E-state index contributed by atoms with van der Waals surface area (Å²) in [5.41, 5.74) is 0. The number of hydrogen-bond acceptors (Lipinski definition) is 3. The zero-order valence-electron chi connectivity index (χ0n) is 16.4. The van der Waals surface area contributed by atoms with Crippen LogP contribution in [0, 0.1) is 0 Å². The monoisotopic (exact) mass is 342 g/mol. The lowest BCUT2D eigenvalue weighted by Crippen LogP contribution is -2.19. The number of unbranched alkanes of at least 4 members (excludes halogenated alkanes) is 11. The van der Waals surface area contributed by atoms with E-state index in [9.17, 15) is 4.79 Å². The molecule has 0 aliphatic heterocycles. The zero-order chi connectivity index (χ0) is 17.7. The molecule has 0 rings (SSSR count). The lowest BCUT2D eigenvalue weighted by molar-refractivity contribution is -0.148. The number of rotatable bonds is 20. The fourth-order valence-electron chi connectivity index (χ4n) is 2.77. The van der Waals surface area contributed by atoms with Crippen LogP contribution in [0.15, 0.2) is 0 Å². The van der Waals surface area contributed by atoms with Gasteiger partial charge >= 0.3 is 0 Å². The van der Waals surface area contributed by atoms with Gasteiger partial charge in [0, 0.05) is 19.6 Å². The molecular weight excluding hydrogens is 300 g/mol. The van der Waals surface area contributed by atoms with E-state index in [0.717, 1.165) is 51.6 Å². The van der Waals surface area contributed by atoms with Crippen LogP contribution in [0.3, 0.4) is 0 Å². The van der Waals surface area contributed by atoms with Crippen LogP contribution >= 0.6 is 0 Å². The first-order valence-corrected chi connectivity index (χ1v) is 10.5. The third-order valence-corrected chi connectivity index (χ3v) is 4.37. The highest BCUT2D eigenvalue weighted by Gasteiger charge is 2.09. The highest BCUT2D eigenvalue weighted by Crippen LogP contribution is 2.13. The van der Waals surface area contributed by atoms with Gasteiger partial charge in [-0.15, -0.1) is 0 Å². The maximum Gasteiger partial charge on any atom is 0.157 e. The van der Waals surface area contributed by atoms with Crippen molar-refractivity contribution in [2.24, 2.45) is 0 Å². The topological polar surface area (TPSA) is 35.5 Å². The Kier molecular flexibility index (Phi) is 20.3. The predicted octanol–water partition coefficient (Wildman–Crippen LogP) is 6.44. The lowest BCUT2D eigenvalue weighted by atomic mass is 10.1. The molecule has 3 nitrogen and oxygen atoms in total. The van der Waals surface area contributed by atoms with Gasteiger partial charge in [0.1, 0.15) is 6.29 Å². The summed E-state index contributed by atoms with van der Waals surface area (Å²) in [7, 11) is 0. The van der Waals surface area contributed by atoms with Crippen LogP contribution in [-0.2, 0) is 14.3 Å². The Hall–Kier alpha value is -0.410. The third kappa shape index (κ3) is 17.9. The molecule has 0 unspecified atom stereocenters. The molecule has 0 saturated carbocycles. The fourth-order valence-corrected chi connectivity index (χ4v) is 2.77. The van der Waals surface area contributed by atoms with Crippen molar-refractivity contribution in [1.29, 1.82) is 0 Å². The first kappa shape index (κ1) is 23.6. The van der Waals surface area contributed by atoms with Gasteiger partial charge in [-0.1, -0.05) is 71.6 Å². The Bertz CT molecular complexity index is 229. The largest absolute Gasteiger partial charge is 0.353 e. The summed E-state index contributed by atoms with van der Waals surface area (Å²) < 4.78 is 11.9. The van der Waals surface area contributed by atoms with E-state index >= 15 is 0 Å². The van der Waals surface area contributed by atoms with Gasteiger partial charge in [0.25, 0.3) is 0 Å². The SMILES string of the molecule is CCCCCCOC(CCCCCCCC=O)OCCCCCC. The third-order valence-electron chi connectivity index (χ3n) is 4.37. The molecule has 0 N–H and O–H groups in total. The van der Waals surface area contributed by atoms with Gasteiger partial charge < -0.3 is 14.3 Å². The Balaban J connectivity index is 3.74. The van der Waals surface area contributed by atoms with Crippen LogP contribution < -0.4 is 0 Å². The molecule has 0 fully saturated rings. The molecular formula is C21H42O3. The summed E-state index contributed by atoms with van der Waals surface area (Å²) in [6.45, 7) is 6.13. The molecule has 0 bridgehead atoms. The quantitative estimate of drug-likeness (QED) is 0.145. The molecule has 0 atom stereocenters. The summed E-state index contributed by atoms with van der Waals surface area (Å²) in [5, 5.41) is 0. The first-order valence-electron chi connectivity index (χ1n) is 10.5. The number of carbonyl (C=O) groups excluding carboxylic acids is 1. The smallest absolute Gasteiger partial charge is 0.157 e. The van der Waals surface area contributed by atoms with E-state index < -0.39 is 0 Å². The molecule has 24 heavy (non-hydrogen) atoms. The summed E-state index contributed by atoms with van der Waals surface area (Å²) in [6.07, 6.45) is 18.5. The summed E-state index contributed by atoms with van der Waals surface area (Å²) in [5.74, 6) is 0. The van der Waals surface area contributed by atoms with Gasteiger partial charge in [-0.25, -0.2) is 0 Å². The predicted molar refractivity (Wildman–Crippen MR) is 102 cm³/mol. The molecule has 144 valence electrons. The summed E-state index contributed by atoms with van der Waals surface area (Å²) in [6, 6.07) is 0. The molecule has 0 radical (unpaired) electrons. The highest BCUT2D eigenvalue weighted by atomic mass is 16.7. The molecule has 0 heterocycles. The van der Waals surface area contributed by atoms with Crippen molar-refractivity contribution in [3.8, 4) is 0 Å². The summed E-state index contributed by atoms with van der Waals surface area (Å²) in [4.78, 5) is 10.3. The number of carbonyl (C=O) groups is 1. The molecule has 0 aliphatic rings. The van der Waals surface area contributed by atoms with E-state index in [1.54, 1.807) is 0 Å². The van der Waals surface area contributed by atoms with Crippen molar-refractivity contribution in [3.05, 3.63) is 0 Å². The van der Waals surface area contributed by atoms with Crippen LogP contribution in [0.2, 0.25) is 0 Å². The Morgan fingerprint density at radius 2 is 1.17 bits per heavy atom. The second kappa shape index (κ2) is 20.6. The van der Waals surface area contributed by atoms with Crippen LogP contribution in [0.5, 0.6) is 0 Å². The van der Waals surface area contributed by atoms with E-state index in [0.29, 0.717) is 6.42 Å². The van der Waals surface area contributed by atoms with Gasteiger partial charge in [0.2, 0.25) is 0 Å². The molecule has 0 spiro atoms. The van der Waals surface area contributed by atoms with Crippen molar-refractivity contribution in [2.75, 3.05) is 13.2 Å².